The number of carbonyl (C=O) groups is 1. The fourth-order valence-electron chi connectivity index (χ4n) is 1.57. The summed E-state index contributed by atoms with van der Waals surface area (Å²) in [5, 5.41) is 3.21. The van der Waals surface area contributed by atoms with Crippen LogP contribution >= 0.6 is 27.5 Å². The molecular weight excluding hydrogens is 346 g/mol. The van der Waals surface area contributed by atoms with E-state index in [1.165, 1.54) is 0 Å². The van der Waals surface area contributed by atoms with Crippen LogP contribution in [0.4, 0.5) is 0 Å². The van der Waals surface area contributed by atoms with Crippen molar-refractivity contribution in [2.45, 2.75) is 6.42 Å². The monoisotopic (exact) mass is 357 g/mol. The average Bonchev–Trinajstić information content (AvgIpc) is 2.91. The van der Waals surface area contributed by atoms with E-state index >= 15 is 0 Å². The van der Waals surface area contributed by atoms with Gasteiger partial charge in [0.25, 0.3) is 5.91 Å². The van der Waals surface area contributed by atoms with Gasteiger partial charge in [0.05, 0.1) is 11.3 Å². The lowest BCUT2D eigenvalue weighted by atomic mass is 10.3. The van der Waals surface area contributed by atoms with Crippen molar-refractivity contribution >= 4 is 33.4 Å². The number of furan rings is 1. The number of carbonyl (C=O) groups excluding carboxylic acids is 1. The molecule has 2 aromatic rings. The Bertz CT molecular complexity index is 572. The minimum atomic E-state index is -0.199. The molecule has 6 heteroatoms. The molecule has 4 nitrogen and oxygen atoms in total. The van der Waals surface area contributed by atoms with E-state index in [4.69, 9.17) is 20.8 Å². The van der Waals surface area contributed by atoms with E-state index in [-0.39, 0.29) is 12.5 Å². The van der Waals surface area contributed by atoms with Crippen LogP contribution in [0.3, 0.4) is 0 Å². The van der Waals surface area contributed by atoms with E-state index in [2.05, 4.69) is 21.2 Å². The van der Waals surface area contributed by atoms with Crippen LogP contribution in [0.5, 0.6) is 5.75 Å². The molecule has 0 bridgehead atoms. The summed E-state index contributed by atoms with van der Waals surface area (Å²) in [6.45, 7) is 0.434. The summed E-state index contributed by atoms with van der Waals surface area (Å²) in [6, 6.07) is 8.91. The maximum absolute atomic E-state index is 11.6. The zero-order valence-corrected chi connectivity index (χ0v) is 12.9. The number of benzene rings is 1. The highest BCUT2D eigenvalue weighted by atomic mass is 79.9. The molecule has 1 amide bonds. The van der Waals surface area contributed by atoms with Crippen molar-refractivity contribution < 1.29 is 13.9 Å². The summed E-state index contributed by atoms with van der Waals surface area (Å²) in [5.41, 5.74) is 0. The quantitative estimate of drug-likeness (QED) is 0.860. The smallest absolute Gasteiger partial charge is 0.257 e. The van der Waals surface area contributed by atoms with Gasteiger partial charge in [-0.2, -0.15) is 0 Å². The van der Waals surface area contributed by atoms with Crippen molar-refractivity contribution in [3.8, 4) is 5.75 Å². The van der Waals surface area contributed by atoms with Gasteiger partial charge in [-0.1, -0.05) is 27.5 Å². The number of amides is 1. The van der Waals surface area contributed by atoms with Crippen LogP contribution in [0, 0.1) is 0 Å². The van der Waals surface area contributed by atoms with Crippen LogP contribution in [-0.2, 0) is 11.2 Å². The van der Waals surface area contributed by atoms with Crippen molar-refractivity contribution in [2.75, 3.05) is 13.2 Å². The molecule has 2 rings (SSSR count). The van der Waals surface area contributed by atoms with Gasteiger partial charge in [0, 0.05) is 17.4 Å². The third-order valence-electron chi connectivity index (χ3n) is 2.53. The van der Waals surface area contributed by atoms with Gasteiger partial charge in [0.1, 0.15) is 11.5 Å². The maximum Gasteiger partial charge on any atom is 0.257 e. The number of hydrogen-bond acceptors (Lipinski definition) is 3. The molecule has 0 atom stereocenters. The number of hydrogen-bond donors (Lipinski definition) is 1. The molecule has 0 aliphatic heterocycles. The zero-order valence-electron chi connectivity index (χ0n) is 10.6. The van der Waals surface area contributed by atoms with Gasteiger partial charge in [-0.25, -0.2) is 0 Å². The first-order valence-corrected chi connectivity index (χ1v) is 7.19. The lowest BCUT2D eigenvalue weighted by Crippen LogP contribution is -2.30. The summed E-state index contributed by atoms with van der Waals surface area (Å²) in [6.07, 6.45) is 2.26. The maximum atomic E-state index is 11.6. The van der Waals surface area contributed by atoms with Gasteiger partial charge >= 0.3 is 0 Å². The van der Waals surface area contributed by atoms with Crippen molar-refractivity contribution in [1.29, 1.82) is 0 Å². The highest BCUT2D eigenvalue weighted by molar-refractivity contribution is 9.10. The summed E-state index contributed by atoms with van der Waals surface area (Å²) in [7, 11) is 0. The summed E-state index contributed by atoms with van der Waals surface area (Å²) >= 11 is 9.29. The van der Waals surface area contributed by atoms with E-state index in [1.54, 1.807) is 24.5 Å². The minimum absolute atomic E-state index is 0.0699. The van der Waals surface area contributed by atoms with E-state index in [0.717, 1.165) is 10.2 Å². The Morgan fingerprint density at radius 3 is 2.95 bits per heavy atom. The number of nitrogens with one attached hydrogen (secondary N) is 1. The Labute approximate surface area is 130 Å². The number of rotatable bonds is 6. The van der Waals surface area contributed by atoms with Crippen molar-refractivity contribution in [1.82, 2.24) is 5.32 Å². The topological polar surface area (TPSA) is 51.5 Å². The Balaban J connectivity index is 1.72. The lowest BCUT2D eigenvalue weighted by molar-refractivity contribution is -0.123. The molecule has 0 saturated heterocycles. The molecule has 0 radical (unpaired) electrons. The summed E-state index contributed by atoms with van der Waals surface area (Å²) < 4.78 is 11.4. The van der Waals surface area contributed by atoms with Crippen LogP contribution in [0.25, 0.3) is 0 Å². The molecule has 1 aromatic heterocycles. The Hall–Kier alpha value is -1.46. The SMILES string of the molecule is O=C(COc1ccc(Br)cc1Cl)NCCc1ccco1. The normalized spacial score (nSPS) is 10.3. The molecule has 1 N–H and O–H groups in total. The molecule has 0 aliphatic carbocycles. The Morgan fingerprint density at radius 2 is 2.25 bits per heavy atom. The van der Waals surface area contributed by atoms with Crippen LogP contribution in [0.1, 0.15) is 5.76 Å². The molecule has 0 unspecified atom stereocenters. The van der Waals surface area contributed by atoms with Crippen LogP contribution in [0.15, 0.2) is 45.5 Å². The first-order valence-electron chi connectivity index (χ1n) is 6.02. The van der Waals surface area contributed by atoms with Gasteiger partial charge < -0.3 is 14.5 Å². The molecule has 106 valence electrons. The van der Waals surface area contributed by atoms with Gasteiger partial charge in [0.2, 0.25) is 0 Å². The Kier molecular flexibility index (Phi) is 5.49. The fraction of sp³-hybridized carbons (Fsp3) is 0.214. The van der Waals surface area contributed by atoms with Gasteiger partial charge in [0.15, 0.2) is 6.61 Å². The number of halogens is 2. The van der Waals surface area contributed by atoms with Crippen molar-refractivity contribution in [3.63, 3.8) is 0 Å². The molecule has 1 aromatic carbocycles. The minimum Gasteiger partial charge on any atom is -0.482 e. The van der Waals surface area contributed by atoms with E-state index < -0.39 is 0 Å². The average molecular weight is 359 g/mol. The van der Waals surface area contributed by atoms with E-state index in [0.29, 0.717) is 23.7 Å². The van der Waals surface area contributed by atoms with Gasteiger partial charge in [-0.3, -0.25) is 4.79 Å². The molecule has 20 heavy (non-hydrogen) atoms. The van der Waals surface area contributed by atoms with Crippen LogP contribution < -0.4 is 10.1 Å². The third-order valence-corrected chi connectivity index (χ3v) is 3.31. The van der Waals surface area contributed by atoms with Crippen LogP contribution in [-0.4, -0.2) is 19.1 Å². The molecule has 0 fully saturated rings. The first-order chi connectivity index (χ1) is 9.65. The summed E-state index contributed by atoms with van der Waals surface area (Å²) in [4.78, 5) is 11.6. The third kappa shape index (κ3) is 4.58. The Morgan fingerprint density at radius 1 is 1.40 bits per heavy atom. The molecule has 1 heterocycles. The lowest BCUT2D eigenvalue weighted by Gasteiger charge is -2.08. The highest BCUT2D eigenvalue weighted by Gasteiger charge is 2.06. The first kappa shape index (κ1) is 14.9. The zero-order chi connectivity index (χ0) is 14.4. The van der Waals surface area contributed by atoms with E-state index in [1.807, 2.05) is 12.1 Å². The predicted octanol–water partition coefficient (Wildman–Crippen LogP) is 3.43. The molecule has 0 spiro atoms. The number of ether oxygens (including phenoxy) is 1. The van der Waals surface area contributed by atoms with Crippen molar-refractivity contribution in [2.24, 2.45) is 0 Å². The second kappa shape index (κ2) is 7.36. The second-order valence-corrected chi connectivity index (χ2v) is 5.37. The summed E-state index contributed by atoms with van der Waals surface area (Å²) in [5.74, 6) is 1.12. The molecular formula is C14H13BrClNO3. The highest BCUT2D eigenvalue weighted by Crippen LogP contribution is 2.27. The van der Waals surface area contributed by atoms with Crippen LogP contribution in [0.2, 0.25) is 5.02 Å². The largest absolute Gasteiger partial charge is 0.482 e. The second-order valence-electron chi connectivity index (χ2n) is 4.04. The standard InChI is InChI=1S/C14H13BrClNO3/c15-10-3-4-13(12(16)8-10)20-9-14(18)17-6-5-11-2-1-7-19-11/h1-4,7-8H,5-6,9H2,(H,17,18). The van der Waals surface area contributed by atoms with Gasteiger partial charge in [-0.15, -0.1) is 0 Å². The molecule has 0 aliphatic rings. The fourth-order valence-corrected chi connectivity index (χ4v) is 2.29. The van der Waals surface area contributed by atoms with E-state index in [9.17, 15) is 4.79 Å². The van der Waals surface area contributed by atoms with Gasteiger partial charge in [-0.05, 0) is 30.3 Å². The predicted molar refractivity (Wildman–Crippen MR) is 80.1 cm³/mol. The van der Waals surface area contributed by atoms with Crippen molar-refractivity contribution in [3.05, 3.63) is 51.9 Å². The molecule has 0 saturated carbocycles.